The van der Waals surface area contributed by atoms with Crippen molar-refractivity contribution < 1.29 is 17.8 Å². The number of benzene rings is 4. The SMILES string of the molecule is [2H]c1c([2H])c([2H])c(-c2c3c([2H])c([2H])c([2H])c([2H])c3c(Br)c3c([2H])c([2H])c([2H])c([2H])c23)c([2H])c1[2H]. The van der Waals surface area contributed by atoms with E-state index in [1.54, 1.807) is 0 Å². The Hall–Kier alpha value is -2.12. The number of hydrogen-bond acceptors (Lipinski definition) is 0. The zero-order valence-electron chi connectivity index (χ0n) is 23.4. The summed E-state index contributed by atoms with van der Waals surface area (Å²) >= 11 is 3.26. The molecule has 0 radical (unpaired) electrons. The third kappa shape index (κ3) is 1.97. The molecule has 1 heteroatoms. The zero-order valence-corrected chi connectivity index (χ0v) is 12.0. The Morgan fingerprint density at radius 1 is 0.571 bits per heavy atom. The molecule has 0 heterocycles. The lowest BCUT2D eigenvalue weighted by atomic mass is 9.92. The minimum atomic E-state index is -0.693. The van der Waals surface area contributed by atoms with E-state index in [1.165, 1.54) is 0 Å². The highest BCUT2D eigenvalue weighted by Crippen LogP contribution is 2.41. The van der Waals surface area contributed by atoms with Crippen molar-refractivity contribution in [1.29, 1.82) is 0 Å². The molecule has 0 amide bonds. The average molecular weight is 346 g/mol. The van der Waals surface area contributed by atoms with Crippen LogP contribution in [0.4, 0.5) is 0 Å². The van der Waals surface area contributed by atoms with E-state index >= 15 is 0 Å². The molecule has 0 aliphatic heterocycles. The molecule has 21 heavy (non-hydrogen) atoms. The lowest BCUT2D eigenvalue weighted by Crippen LogP contribution is -1.86. The van der Waals surface area contributed by atoms with Crippen LogP contribution in [-0.4, -0.2) is 0 Å². The van der Waals surface area contributed by atoms with Crippen molar-refractivity contribution in [3.05, 3.63) is 83.0 Å². The summed E-state index contributed by atoms with van der Waals surface area (Å²) in [6, 6.07) is -8.03. The second kappa shape index (κ2) is 5.01. The molecule has 0 fully saturated rings. The smallest absolute Gasteiger partial charge is 0.0622 e. The summed E-state index contributed by atoms with van der Waals surface area (Å²) in [6.45, 7) is 0. The van der Waals surface area contributed by atoms with E-state index in [2.05, 4.69) is 15.9 Å². The summed E-state index contributed by atoms with van der Waals surface area (Å²) in [5.41, 5.74) is -0.715. The summed E-state index contributed by atoms with van der Waals surface area (Å²) < 4.78 is 107. The lowest BCUT2D eigenvalue weighted by molar-refractivity contribution is 1.66. The van der Waals surface area contributed by atoms with Gasteiger partial charge in [-0.2, -0.15) is 0 Å². The van der Waals surface area contributed by atoms with Crippen LogP contribution in [0.15, 0.2) is 83.0 Å². The van der Waals surface area contributed by atoms with Gasteiger partial charge >= 0.3 is 0 Å². The van der Waals surface area contributed by atoms with Crippen molar-refractivity contribution >= 4 is 37.5 Å². The fourth-order valence-electron chi connectivity index (χ4n) is 2.20. The molecular formula is C20H13Br. The van der Waals surface area contributed by atoms with Gasteiger partial charge in [-0.05, 0) is 48.6 Å². The van der Waals surface area contributed by atoms with Crippen molar-refractivity contribution in [1.82, 2.24) is 0 Å². The highest BCUT2D eigenvalue weighted by molar-refractivity contribution is 9.10. The quantitative estimate of drug-likeness (QED) is 0.349. The fourth-order valence-corrected chi connectivity index (χ4v) is 2.80. The van der Waals surface area contributed by atoms with E-state index in [1.807, 2.05) is 0 Å². The molecule has 0 saturated heterocycles. The predicted octanol–water partition coefficient (Wildman–Crippen LogP) is 6.42. The molecule has 0 saturated carbocycles. The van der Waals surface area contributed by atoms with Gasteiger partial charge in [-0.25, -0.2) is 0 Å². The minimum absolute atomic E-state index is 0.0207. The van der Waals surface area contributed by atoms with Crippen LogP contribution in [0.2, 0.25) is 0 Å². The molecule has 4 rings (SSSR count). The van der Waals surface area contributed by atoms with Crippen LogP contribution in [0.25, 0.3) is 32.7 Å². The first-order valence-electron chi connectivity index (χ1n) is 12.4. The number of hydrogen-bond donors (Lipinski definition) is 0. The normalized spacial score (nSPS) is 19.8. The molecule has 0 aliphatic rings. The standard InChI is InChI=1S/C20H13Br/c21-20-17-12-6-4-10-15(17)19(14-8-2-1-3-9-14)16-11-5-7-13-18(16)20/h1-13H/i1D,2D,3D,4D,5D,6D,7D,8D,9D,10D,11D,12D,13D. The Morgan fingerprint density at radius 3 is 1.52 bits per heavy atom. The van der Waals surface area contributed by atoms with Crippen LogP contribution in [0.3, 0.4) is 0 Å². The maximum Gasteiger partial charge on any atom is 0.0630 e. The van der Waals surface area contributed by atoms with E-state index in [-0.39, 0.29) is 31.6 Å². The van der Waals surface area contributed by atoms with E-state index in [9.17, 15) is 0 Å². The van der Waals surface area contributed by atoms with Gasteiger partial charge in [0.2, 0.25) is 0 Å². The van der Waals surface area contributed by atoms with Gasteiger partial charge < -0.3 is 0 Å². The second-order valence-corrected chi connectivity index (χ2v) is 4.98. The maximum absolute atomic E-state index is 8.54. The first-order valence-corrected chi connectivity index (χ1v) is 6.73. The van der Waals surface area contributed by atoms with Gasteiger partial charge in [-0.3, -0.25) is 0 Å². The second-order valence-electron chi connectivity index (χ2n) is 4.19. The number of rotatable bonds is 1. The van der Waals surface area contributed by atoms with Crippen LogP contribution in [-0.2, 0) is 0 Å². The summed E-state index contributed by atoms with van der Waals surface area (Å²) in [6.07, 6.45) is 0. The molecule has 0 spiro atoms. The summed E-state index contributed by atoms with van der Waals surface area (Å²) in [5, 5.41) is -0.724. The first kappa shape index (κ1) is 4.96. The van der Waals surface area contributed by atoms with Gasteiger partial charge in [0.05, 0.1) is 17.8 Å². The van der Waals surface area contributed by atoms with E-state index in [4.69, 9.17) is 17.8 Å². The van der Waals surface area contributed by atoms with Crippen molar-refractivity contribution in [3.8, 4) is 11.1 Å². The zero-order chi connectivity index (χ0) is 25.5. The molecule has 0 unspecified atom stereocenters. The molecule has 0 aliphatic carbocycles. The Morgan fingerprint density at radius 2 is 1.00 bits per heavy atom. The van der Waals surface area contributed by atoms with Gasteiger partial charge in [0, 0.05) is 4.47 Å². The number of halogens is 1. The fraction of sp³-hybridized carbons (Fsp3) is 0. The average Bonchev–Trinajstić information content (AvgIpc) is 2.81. The predicted molar refractivity (Wildman–Crippen MR) is 94.6 cm³/mol. The van der Waals surface area contributed by atoms with E-state index in [0.717, 1.165) is 0 Å². The third-order valence-corrected chi connectivity index (χ3v) is 3.86. The molecule has 0 aromatic heterocycles. The molecule has 0 atom stereocenters. The highest BCUT2D eigenvalue weighted by atomic mass is 79.9. The monoisotopic (exact) mass is 345 g/mol. The minimum Gasteiger partial charge on any atom is -0.0622 e. The van der Waals surface area contributed by atoms with Gasteiger partial charge in [-0.1, -0.05) is 78.6 Å². The van der Waals surface area contributed by atoms with E-state index in [0.29, 0.717) is 0 Å². The summed E-state index contributed by atoms with van der Waals surface area (Å²) in [7, 11) is 0. The number of fused-ring (bicyclic) bond motifs is 2. The maximum atomic E-state index is 8.54. The van der Waals surface area contributed by atoms with Crippen molar-refractivity contribution in [2.24, 2.45) is 0 Å². The molecular weight excluding hydrogens is 320 g/mol. The molecule has 4 aromatic rings. The van der Waals surface area contributed by atoms with Crippen molar-refractivity contribution in [2.45, 2.75) is 0 Å². The van der Waals surface area contributed by atoms with Crippen LogP contribution in [0.1, 0.15) is 17.8 Å². The van der Waals surface area contributed by atoms with Gasteiger partial charge in [0.25, 0.3) is 0 Å². The summed E-state index contributed by atoms with van der Waals surface area (Å²) in [4.78, 5) is 0. The molecule has 0 N–H and O–H groups in total. The first-order chi connectivity index (χ1) is 15.7. The third-order valence-electron chi connectivity index (χ3n) is 3.06. The van der Waals surface area contributed by atoms with Gasteiger partial charge in [0.1, 0.15) is 0 Å². The van der Waals surface area contributed by atoms with Crippen LogP contribution >= 0.6 is 15.9 Å². The van der Waals surface area contributed by atoms with Crippen LogP contribution < -0.4 is 0 Å². The van der Waals surface area contributed by atoms with Crippen molar-refractivity contribution in [3.63, 3.8) is 0 Å². The van der Waals surface area contributed by atoms with Crippen molar-refractivity contribution in [2.75, 3.05) is 0 Å². The molecule has 4 aromatic carbocycles. The van der Waals surface area contributed by atoms with E-state index < -0.39 is 84.1 Å². The Balaban J connectivity index is 2.55. The molecule has 0 bridgehead atoms. The Kier molecular flexibility index (Phi) is 1.18. The molecule has 0 nitrogen and oxygen atoms in total. The van der Waals surface area contributed by atoms with Gasteiger partial charge in [-0.15, -0.1) is 0 Å². The van der Waals surface area contributed by atoms with Crippen LogP contribution in [0.5, 0.6) is 0 Å². The largest absolute Gasteiger partial charge is 0.0630 e. The lowest BCUT2D eigenvalue weighted by Gasteiger charge is -2.14. The van der Waals surface area contributed by atoms with Gasteiger partial charge in [0.15, 0.2) is 0 Å². The highest BCUT2D eigenvalue weighted by Gasteiger charge is 2.12. The topological polar surface area (TPSA) is 0 Å². The summed E-state index contributed by atoms with van der Waals surface area (Å²) in [5.74, 6) is 0. The molecule has 100 valence electrons. The Bertz CT molecular complexity index is 1480. The Labute approximate surface area is 150 Å². The van der Waals surface area contributed by atoms with Crippen LogP contribution in [0, 0.1) is 0 Å².